The van der Waals surface area contributed by atoms with E-state index >= 15 is 0 Å². The van der Waals surface area contributed by atoms with Gasteiger partial charge in [0.2, 0.25) is 0 Å². The molecule has 21 heavy (non-hydrogen) atoms. The van der Waals surface area contributed by atoms with Gasteiger partial charge in [0, 0.05) is 21.7 Å². The predicted molar refractivity (Wildman–Crippen MR) is 88.5 cm³/mol. The molecule has 1 atom stereocenters. The highest BCUT2D eigenvalue weighted by atomic mass is 79.9. The molecule has 0 bridgehead atoms. The van der Waals surface area contributed by atoms with Crippen molar-refractivity contribution in [2.24, 2.45) is 10.2 Å². The zero-order valence-corrected chi connectivity index (χ0v) is 13.5. The van der Waals surface area contributed by atoms with Gasteiger partial charge >= 0.3 is 0 Å². The normalized spacial score (nSPS) is 17.1. The zero-order valence-electron chi connectivity index (χ0n) is 11.2. The largest absolute Gasteiger partial charge is 0.381 e. The lowest BCUT2D eigenvalue weighted by molar-refractivity contribution is 0.643. The first kappa shape index (κ1) is 14.5. The van der Waals surface area contributed by atoms with Gasteiger partial charge in [0.15, 0.2) is 0 Å². The van der Waals surface area contributed by atoms with Gasteiger partial charge in [-0.15, -0.1) is 0 Å². The smallest absolute Gasteiger partial charge is 0.148 e. The molecular weight excluding hydrogens is 352 g/mol. The summed E-state index contributed by atoms with van der Waals surface area (Å²) in [5.74, 6) is 0. The number of azo groups is 1. The molecule has 2 N–H and O–H groups in total. The third-order valence-electron chi connectivity index (χ3n) is 3.25. The van der Waals surface area contributed by atoms with Crippen molar-refractivity contribution in [3.8, 4) is 0 Å². The molecule has 0 amide bonds. The fourth-order valence-corrected chi connectivity index (χ4v) is 2.90. The Balaban J connectivity index is 1.70. The molecule has 2 aromatic carbocycles. The number of halogens is 2. The third kappa shape index (κ3) is 3.61. The molecule has 4 nitrogen and oxygen atoms in total. The molecule has 2 aromatic rings. The Morgan fingerprint density at radius 1 is 1.29 bits per heavy atom. The van der Waals surface area contributed by atoms with E-state index in [2.05, 4.69) is 42.9 Å². The Hall–Kier alpha value is -1.43. The lowest BCUT2D eigenvalue weighted by atomic mass is 10.1. The number of hydrogen-bond acceptors (Lipinski definition) is 4. The minimum atomic E-state index is -0.0389. The fraction of sp³-hybridized carbons (Fsp3) is 0.200. The summed E-state index contributed by atoms with van der Waals surface area (Å²) in [5.41, 5.74) is 3.20. The molecule has 0 spiro atoms. The molecule has 0 saturated carbocycles. The average molecular weight is 366 g/mol. The molecule has 0 saturated heterocycles. The number of nitrogens with one attached hydrogen (secondary N) is 2. The topological polar surface area (TPSA) is 48.8 Å². The Labute approximate surface area is 136 Å². The number of nitrogens with zero attached hydrogens (tertiary/aromatic N) is 2. The Morgan fingerprint density at radius 3 is 2.95 bits per heavy atom. The Kier molecular flexibility index (Phi) is 4.53. The summed E-state index contributed by atoms with van der Waals surface area (Å²) in [4.78, 5) is 0. The maximum absolute atomic E-state index is 6.22. The number of anilines is 1. The van der Waals surface area contributed by atoms with E-state index in [1.54, 1.807) is 0 Å². The Morgan fingerprint density at radius 2 is 2.19 bits per heavy atom. The van der Waals surface area contributed by atoms with Gasteiger partial charge in [0.1, 0.15) is 12.8 Å². The summed E-state index contributed by atoms with van der Waals surface area (Å²) in [6.45, 7) is 1.26. The van der Waals surface area contributed by atoms with E-state index in [1.807, 2.05) is 36.4 Å². The lowest BCUT2D eigenvalue weighted by Crippen LogP contribution is -2.13. The van der Waals surface area contributed by atoms with Crippen LogP contribution in [0, 0.1) is 0 Å². The zero-order chi connectivity index (χ0) is 14.7. The van der Waals surface area contributed by atoms with Crippen molar-refractivity contribution < 1.29 is 0 Å². The first-order chi connectivity index (χ1) is 10.2. The van der Waals surface area contributed by atoms with Crippen molar-refractivity contribution >= 4 is 33.2 Å². The van der Waals surface area contributed by atoms with Gasteiger partial charge in [-0.1, -0.05) is 45.7 Å². The summed E-state index contributed by atoms with van der Waals surface area (Å²) in [5, 5.41) is 15.4. The quantitative estimate of drug-likeness (QED) is 0.823. The third-order valence-corrected chi connectivity index (χ3v) is 4.10. The van der Waals surface area contributed by atoms with E-state index < -0.39 is 0 Å². The minimum absolute atomic E-state index is 0.0389. The number of benzene rings is 2. The van der Waals surface area contributed by atoms with Crippen LogP contribution in [0.5, 0.6) is 0 Å². The van der Waals surface area contributed by atoms with Crippen molar-refractivity contribution in [1.82, 2.24) is 5.32 Å². The first-order valence-electron chi connectivity index (χ1n) is 6.60. The van der Waals surface area contributed by atoms with E-state index in [1.165, 1.54) is 0 Å². The summed E-state index contributed by atoms with van der Waals surface area (Å²) < 4.78 is 0.982. The van der Waals surface area contributed by atoms with Crippen molar-refractivity contribution in [3.63, 3.8) is 0 Å². The van der Waals surface area contributed by atoms with E-state index in [4.69, 9.17) is 11.6 Å². The molecule has 0 radical (unpaired) electrons. The number of hydrogen-bond donors (Lipinski definition) is 2. The van der Waals surface area contributed by atoms with E-state index in [0.717, 1.165) is 26.3 Å². The number of rotatable bonds is 4. The lowest BCUT2D eigenvalue weighted by Gasteiger charge is -2.11. The summed E-state index contributed by atoms with van der Waals surface area (Å²) in [7, 11) is 0. The van der Waals surface area contributed by atoms with Crippen molar-refractivity contribution in [2.45, 2.75) is 12.7 Å². The van der Waals surface area contributed by atoms with Crippen molar-refractivity contribution in [2.75, 3.05) is 12.0 Å². The van der Waals surface area contributed by atoms with Crippen LogP contribution in [-0.4, -0.2) is 6.67 Å². The van der Waals surface area contributed by atoms with Crippen molar-refractivity contribution in [3.05, 3.63) is 63.1 Å². The van der Waals surface area contributed by atoms with E-state index in [9.17, 15) is 0 Å². The second kappa shape index (κ2) is 6.56. The van der Waals surface area contributed by atoms with Gasteiger partial charge in [-0.3, -0.25) is 5.32 Å². The van der Waals surface area contributed by atoms with Crippen LogP contribution in [0.3, 0.4) is 0 Å². The van der Waals surface area contributed by atoms with Gasteiger partial charge in [0.05, 0.1) is 0 Å². The van der Waals surface area contributed by atoms with Crippen LogP contribution in [0.1, 0.15) is 17.3 Å². The van der Waals surface area contributed by atoms with Crippen LogP contribution >= 0.6 is 27.5 Å². The van der Waals surface area contributed by atoms with Crippen LogP contribution < -0.4 is 10.6 Å². The maximum Gasteiger partial charge on any atom is 0.148 e. The summed E-state index contributed by atoms with van der Waals surface area (Å²) in [6.07, 6.45) is -0.0389. The van der Waals surface area contributed by atoms with Crippen LogP contribution in [0.15, 0.2) is 57.2 Å². The monoisotopic (exact) mass is 364 g/mol. The molecule has 0 aliphatic carbocycles. The van der Waals surface area contributed by atoms with Gasteiger partial charge < -0.3 is 5.32 Å². The maximum atomic E-state index is 6.22. The molecule has 3 rings (SSSR count). The van der Waals surface area contributed by atoms with Gasteiger partial charge in [-0.05, 0) is 35.4 Å². The highest BCUT2D eigenvalue weighted by molar-refractivity contribution is 9.10. The summed E-state index contributed by atoms with van der Waals surface area (Å²) >= 11 is 9.63. The first-order valence-corrected chi connectivity index (χ1v) is 7.77. The average Bonchev–Trinajstić information content (AvgIpc) is 3.01. The standard InChI is InChI=1S/C15H14BrClN4/c16-12-5-4-11(14(17)7-12)8-18-13-3-1-2-10(6-13)15-19-9-20-21-15/h1-7,15,18-19H,8-9H2. The van der Waals surface area contributed by atoms with Crippen LogP contribution in [-0.2, 0) is 6.54 Å². The predicted octanol–water partition coefficient (Wildman–Crippen LogP) is 4.73. The molecule has 0 fully saturated rings. The van der Waals surface area contributed by atoms with Gasteiger partial charge in [-0.25, -0.2) is 0 Å². The molecule has 1 aliphatic heterocycles. The fourth-order valence-electron chi connectivity index (χ4n) is 2.16. The molecule has 1 heterocycles. The molecule has 1 unspecified atom stereocenters. The van der Waals surface area contributed by atoms with Gasteiger partial charge in [0.25, 0.3) is 0 Å². The summed E-state index contributed by atoms with van der Waals surface area (Å²) in [6, 6.07) is 14.1. The minimum Gasteiger partial charge on any atom is -0.381 e. The molecule has 6 heteroatoms. The molecular formula is C15H14BrClN4. The van der Waals surface area contributed by atoms with Crippen LogP contribution in [0.2, 0.25) is 5.02 Å². The van der Waals surface area contributed by atoms with Crippen molar-refractivity contribution in [1.29, 1.82) is 0 Å². The highest BCUT2D eigenvalue weighted by Crippen LogP contribution is 2.24. The Bertz CT molecular complexity index is 674. The molecule has 1 aliphatic rings. The van der Waals surface area contributed by atoms with E-state index in [0.29, 0.717) is 13.2 Å². The van der Waals surface area contributed by atoms with Crippen LogP contribution in [0.4, 0.5) is 5.69 Å². The molecule has 0 aromatic heterocycles. The van der Waals surface area contributed by atoms with Gasteiger partial charge in [-0.2, -0.15) is 10.2 Å². The second-order valence-electron chi connectivity index (χ2n) is 4.74. The SMILES string of the molecule is Clc1cc(Br)ccc1CNc1cccc(C2N=NCN2)c1. The highest BCUT2D eigenvalue weighted by Gasteiger charge is 2.13. The molecule has 108 valence electrons. The van der Waals surface area contributed by atoms with Crippen LogP contribution in [0.25, 0.3) is 0 Å². The van der Waals surface area contributed by atoms with E-state index in [-0.39, 0.29) is 6.17 Å². The second-order valence-corrected chi connectivity index (χ2v) is 6.06.